The van der Waals surface area contributed by atoms with Crippen LogP contribution >= 0.6 is 11.6 Å². The Bertz CT molecular complexity index is 568. The number of aromatic nitrogens is 1. The van der Waals surface area contributed by atoms with Gasteiger partial charge in [0.05, 0.1) is 12.7 Å². The van der Waals surface area contributed by atoms with Gasteiger partial charge in [0.1, 0.15) is 10.9 Å². The van der Waals surface area contributed by atoms with Crippen LogP contribution in [-0.2, 0) is 0 Å². The minimum Gasteiger partial charge on any atom is -0.497 e. The summed E-state index contributed by atoms with van der Waals surface area (Å²) in [5.74, 6) is -0.459. The molecule has 16 heavy (non-hydrogen) atoms. The number of ether oxygens (including phenoxy) is 1. The van der Waals surface area contributed by atoms with Crippen molar-refractivity contribution < 1.29 is 14.6 Å². The number of carbonyl (C=O) groups is 1. The lowest BCUT2D eigenvalue weighted by Crippen LogP contribution is -1.99. The molecule has 2 aromatic rings. The first-order valence-corrected chi connectivity index (χ1v) is 4.87. The molecule has 0 unspecified atom stereocenters. The Hall–Kier alpha value is -1.81. The Balaban J connectivity index is 2.83. The predicted octanol–water partition coefficient (Wildman–Crippen LogP) is 2.59. The SMILES string of the molecule is COc1ccc2c(Cl)ncc(C(=O)O)c2c1. The number of methoxy groups -OCH3 is 1. The average molecular weight is 238 g/mol. The third-order valence-corrected chi connectivity index (χ3v) is 2.58. The van der Waals surface area contributed by atoms with Crippen LogP contribution in [0.2, 0.25) is 5.15 Å². The van der Waals surface area contributed by atoms with Crippen LogP contribution in [0.25, 0.3) is 10.8 Å². The Morgan fingerprint density at radius 2 is 2.19 bits per heavy atom. The summed E-state index contributed by atoms with van der Waals surface area (Å²) in [4.78, 5) is 14.8. The van der Waals surface area contributed by atoms with E-state index < -0.39 is 5.97 Å². The Kier molecular flexibility index (Phi) is 2.66. The van der Waals surface area contributed by atoms with Gasteiger partial charge in [0.2, 0.25) is 0 Å². The fourth-order valence-electron chi connectivity index (χ4n) is 1.48. The van der Waals surface area contributed by atoms with Crippen molar-refractivity contribution in [3.63, 3.8) is 0 Å². The zero-order valence-electron chi connectivity index (χ0n) is 8.40. The number of rotatable bonds is 2. The molecule has 2 rings (SSSR count). The number of pyridine rings is 1. The number of carboxylic acid groups (broad SMARTS) is 1. The van der Waals surface area contributed by atoms with E-state index in [0.717, 1.165) is 0 Å². The van der Waals surface area contributed by atoms with Crippen molar-refractivity contribution in [2.24, 2.45) is 0 Å². The third kappa shape index (κ3) is 1.67. The number of hydrogen-bond donors (Lipinski definition) is 1. The van der Waals surface area contributed by atoms with Crippen molar-refractivity contribution in [1.82, 2.24) is 4.98 Å². The molecular formula is C11H8ClNO3. The standard InChI is InChI=1S/C11H8ClNO3/c1-16-6-2-3-7-8(4-6)9(11(14)15)5-13-10(7)12/h2-5H,1H3,(H,14,15). The number of aromatic carboxylic acids is 1. The maximum absolute atomic E-state index is 11.0. The van der Waals surface area contributed by atoms with Gasteiger partial charge in [0, 0.05) is 17.0 Å². The summed E-state index contributed by atoms with van der Waals surface area (Å²) >= 11 is 5.88. The third-order valence-electron chi connectivity index (χ3n) is 2.28. The normalized spacial score (nSPS) is 10.4. The fraction of sp³-hybridized carbons (Fsp3) is 0.0909. The summed E-state index contributed by atoms with van der Waals surface area (Å²) in [6.07, 6.45) is 1.24. The van der Waals surface area contributed by atoms with E-state index in [4.69, 9.17) is 21.4 Å². The topological polar surface area (TPSA) is 59.4 Å². The molecule has 5 heteroatoms. The molecule has 1 N–H and O–H groups in total. The highest BCUT2D eigenvalue weighted by Gasteiger charge is 2.12. The highest BCUT2D eigenvalue weighted by molar-refractivity contribution is 6.34. The predicted molar refractivity (Wildman–Crippen MR) is 60.3 cm³/mol. The number of carboxylic acids is 1. The summed E-state index contributed by atoms with van der Waals surface area (Å²) < 4.78 is 5.04. The van der Waals surface area contributed by atoms with Gasteiger partial charge in [-0.05, 0) is 18.2 Å². The van der Waals surface area contributed by atoms with Crippen LogP contribution in [0.5, 0.6) is 5.75 Å². The molecule has 0 bridgehead atoms. The molecule has 1 aromatic heterocycles. The molecular weight excluding hydrogens is 230 g/mol. The minimum atomic E-state index is -1.04. The second-order valence-electron chi connectivity index (χ2n) is 3.18. The molecule has 1 aromatic carbocycles. The molecule has 4 nitrogen and oxygen atoms in total. The van der Waals surface area contributed by atoms with Gasteiger partial charge in [-0.25, -0.2) is 9.78 Å². The summed E-state index contributed by atoms with van der Waals surface area (Å²) in [5.41, 5.74) is 0.110. The molecule has 82 valence electrons. The molecule has 0 atom stereocenters. The lowest BCUT2D eigenvalue weighted by Gasteiger charge is -2.06. The van der Waals surface area contributed by atoms with Crippen LogP contribution in [-0.4, -0.2) is 23.2 Å². The highest BCUT2D eigenvalue weighted by atomic mass is 35.5. The number of hydrogen-bond acceptors (Lipinski definition) is 3. The largest absolute Gasteiger partial charge is 0.497 e. The van der Waals surface area contributed by atoms with Gasteiger partial charge in [-0.3, -0.25) is 0 Å². The van der Waals surface area contributed by atoms with Crippen LogP contribution in [0.1, 0.15) is 10.4 Å². The zero-order chi connectivity index (χ0) is 11.7. The van der Waals surface area contributed by atoms with E-state index >= 15 is 0 Å². The van der Waals surface area contributed by atoms with Crippen molar-refractivity contribution in [1.29, 1.82) is 0 Å². The van der Waals surface area contributed by atoms with Gasteiger partial charge >= 0.3 is 5.97 Å². The number of benzene rings is 1. The summed E-state index contributed by atoms with van der Waals surface area (Å²) in [5, 5.41) is 10.4. The minimum absolute atomic E-state index is 0.110. The molecule has 0 aliphatic carbocycles. The van der Waals surface area contributed by atoms with E-state index in [9.17, 15) is 4.79 Å². The van der Waals surface area contributed by atoms with Gasteiger partial charge in [-0.2, -0.15) is 0 Å². The summed E-state index contributed by atoms with van der Waals surface area (Å²) in [7, 11) is 1.52. The maximum atomic E-state index is 11.0. The number of nitrogens with zero attached hydrogens (tertiary/aromatic N) is 1. The van der Waals surface area contributed by atoms with E-state index in [1.807, 2.05) is 0 Å². The van der Waals surface area contributed by atoms with E-state index in [-0.39, 0.29) is 10.7 Å². The molecule has 0 fully saturated rings. The highest BCUT2D eigenvalue weighted by Crippen LogP contribution is 2.28. The first kappa shape index (κ1) is 10.7. The number of fused-ring (bicyclic) bond motifs is 1. The van der Waals surface area contributed by atoms with Crippen LogP contribution in [0.3, 0.4) is 0 Å². The lowest BCUT2D eigenvalue weighted by molar-refractivity contribution is 0.0698. The Morgan fingerprint density at radius 1 is 1.44 bits per heavy atom. The van der Waals surface area contributed by atoms with E-state index in [0.29, 0.717) is 16.5 Å². The first-order valence-electron chi connectivity index (χ1n) is 4.49. The average Bonchev–Trinajstić information content (AvgIpc) is 2.28. The fourth-order valence-corrected chi connectivity index (χ4v) is 1.70. The Morgan fingerprint density at radius 3 is 2.81 bits per heavy atom. The van der Waals surface area contributed by atoms with E-state index in [1.165, 1.54) is 13.3 Å². The van der Waals surface area contributed by atoms with Crippen molar-refractivity contribution >= 4 is 28.3 Å². The molecule has 0 saturated heterocycles. The molecule has 0 amide bonds. The molecule has 0 saturated carbocycles. The molecule has 0 radical (unpaired) electrons. The van der Waals surface area contributed by atoms with Crippen molar-refractivity contribution in [2.75, 3.05) is 7.11 Å². The van der Waals surface area contributed by atoms with Crippen LogP contribution in [0.15, 0.2) is 24.4 Å². The summed E-state index contributed by atoms with van der Waals surface area (Å²) in [6, 6.07) is 5.03. The first-order chi connectivity index (χ1) is 7.63. The van der Waals surface area contributed by atoms with Gasteiger partial charge in [0.25, 0.3) is 0 Å². The lowest BCUT2D eigenvalue weighted by atomic mass is 10.1. The Labute approximate surface area is 96.4 Å². The monoisotopic (exact) mass is 237 g/mol. The quantitative estimate of drug-likeness (QED) is 0.816. The second kappa shape index (κ2) is 3.98. The second-order valence-corrected chi connectivity index (χ2v) is 3.54. The van der Waals surface area contributed by atoms with E-state index in [1.54, 1.807) is 18.2 Å². The van der Waals surface area contributed by atoms with E-state index in [2.05, 4.69) is 4.98 Å². The van der Waals surface area contributed by atoms with Crippen LogP contribution in [0.4, 0.5) is 0 Å². The molecule has 0 aliphatic heterocycles. The molecule has 1 heterocycles. The van der Waals surface area contributed by atoms with Crippen molar-refractivity contribution in [2.45, 2.75) is 0 Å². The van der Waals surface area contributed by atoms with Gasteiger partial charge in [-0.15, -0.1) is 0 Å². The van der Waals surface area contributed by atoms with Crippen molar-refractivity contribution in [3.8, 4) is 5.75 Å². The zero-order valence-corrected chi connectivity index (χ0v) is 9.15. The summed E-state index contributed by atoms with van der Waals surface area (Å²) in [6.45, 7) is 0. The maximum Gasteiger partial charge on any atom is 0.337 e. The molecule has 0 spiro atoms. The molecule has 0 aliphatic rings. The number of halogens is 1. The van der Waals surface area contributed by atoms with Crippen LogP contribution in [0, 0.1) is 0 Å². The van der Waals surface area contributed by atoms with Gasteiger partial charge in [-0.1, -0.05) is 11.6 Å². The van der Waals surface area contributed by atoms with Crippen LogP contribution < -0.4 is 4.74 Å². The van der Waals surface area contributed by atoms with Crippen molar-refractivity contribution in [3.05, 3.63) is 35.1 Å². The van der Waals surface area contributed by atoms with Gasteiger partial charge in [0.15, 0.2) is 0 Å². The van der Waals surface area contributed by atoms with Gasteiger partial charge < -0.3 is 9.84 Å². The smallest absolute Gasteiger partial charge is 0.337 e.